The number of urea groups is 1. The Kier molecular flexibility index (Phi) is 2.05. The van der Waals surface area contributed by atoms with Crippen LogP contribution in [0.3, 0.4) is 0 Å². The fourth-order valence-electron chi connectivity index (χ4n) is 2.08. The van der Waals surface area contributed by atoms with Gasteiger partial charge in [-0.05, 0) is 33.1 Å². The Morgan fingerprint density at radius 1 is 1.47 bits per heavy atom. The van der Waals surface area contributed by atoms with Gasteiger partial charge in [0.05, 0.1) is 12.1 Å². The predicted octanol–water partition coefficient (Wildman–Crippen LogP) is 0.232. The maximum Gasteiger partial charge on any atom is 0.325 e. The fraction of sp³-hybridized carbons (Fsp3) is 0.800. The van der Waals surface area contributed by atoms with E-state index in [0.717, 1.165) is 24.2 Å². The second kappa shape index (κ2) is 2.95. The maximum absolute atomic E-state index is 11.9. The minimum absolute atomic E-state index is 0.0550. The number of nitrogens with zero attached hydrogens (tertiary/aromatic N) is 1. The van der Waals surface area contributed by atoms with Gasteiger partial charge in [0.1, 0.15) is 5.54 Å². The molecule has 0 bridgehead atoms. The van der Waals surface area contributed by atoms with Crippen molar-refractivity contribution in [2.75, 3.05) is 6.54 Å². The lowest BCUT2D eigenvalue weighted by Gasteiger charge is -2.35. The molecule has 1 spiro atoms. The third-order valence-electron chi connectivity index (χ3n) is 3.00. The largest absolute Gasteiger partial charge is 0.389 e. The van der Waals surface area contributed by atoms with Crippen LogP contribution in [-0.2, 0) is 4.79 Å². The van der Waals surface area contributed by atoms with Gasteiger partial charge in [0.2, 0.25) is 0 Å². The average Bonchev–Trinajstić information content (AvgIpc) is 2.25. The first-order valence-corrected chi connectivity index (χ1v) is 5.21. The summed E-state index contributed by atoms with van der Waals surface area (Å²) in [4.78, 5) is 24.6. The molecule has 0 radical (unpaired) electrons. The molecule has 5 heteroatoms. The molecule has 2 rings (SSSR count). The van der Waals surface area contributed by atoms with Gasteiger partial charge in [-0.2, -0.15) is 0 Å². The summed E-state index contributed by atoms with van der Waals surface area (Å²) in [6.45, 7) is 3.22. The summed E-state index contributed by atoms with van der Waals surface area (Å²) in [5, 5.41) is 12.3. The highest BCUT2D eigenvalue weighted by Gasteiger charge is 2.55. The summed E-state index contributed by atoms with van der Waals surface area (Å²) in [7, 11) is 0. The van der Waals surface area contributed by atoms with E-state index < -0.39 is 11.1 Å². The van der Waals surface area contributed by atoms with Crippen LogP contribution in [0, 0.1) is 0 Å². The summed E-state index contributed by atoms with van der Waals surface area (Å²) >= 11 is 0. The zero-order valence-corrected chi connectivity index (χ0v) is 9.04. The van der Waals surface area contributed by atoms with Crippen LogP contribution in [0.5, 0.6) is 0 Å². The van der Waals surface area contributed by atoms with Crippen LogP contribution in [0.1, 0.15) is 33.1 Å². The van der Waals surface area contributed by atoms with Crippen molar-refractivity contribution < 1.29 is 14.7 Å². The minimum Gasteiger partial charge on any atom is -0.389 e. The highest BCUT2D eigenvalue weighted by atomic mass is 16.3. The molecule has 0 unspecified atom stereocenters. The molecule has 2 aliphatic rings. The molecule has 2 N–H and O–H groups in total. The highest BCUT2D eigenvalue weighted by Crippen LogP contribution is 2.37. The first kappa shape index (κ1) is 10.4. The lowest BCUT2D eigenvalue weighted by atomic mass is 9.77. The smallest absolute Gasteiger partial charge is 0.325 e. The van der Waals surface area contributed by atoms with Gasteiger partial charge in [-0.15, -0.1) is 0 Å². The molecule has 15 heavy (non-hydrogen) atoms. The van der Waals surface area contributed by atoms with Gasteiger partial charge in [-0.1, -0.05) is 0 Å². The molecule has 5 nitrogen and oxygen atoms in total. The van der Waals surface area contributed by atoms with E-state index in [-0.39, 0.29) is 18.5 Å². The van der Waals surface area contributed by atoms with Crippen molar-refractivity contribution in [1.82, 2.24) is 10.2 Å². The van der Waals surface area contributed by atoms with Crippen molar-refractivity contribution in [2.45, 2.75) is 44.2 Å². The van der Waals surface area contributed by atoms with E-state index >= 15 is 0 Å². The van der Waals surface area contributed by atoms with Gasteiger partial charge in [0.25, 0.3) is 5.91 Å². The average molecular weight is 212 g/mol. The predicted molar refractivity (Wildman–Crippen MR) is 53.1 cm³/mol. The first-order valence-electron chi connectivity index (χ1n) is 5.21. The number of imide groups is 1. The zero-order chi connectivity index (χ0) is 11.3. The summed E-state index contributed by atoms with van der Waals surface area (Å²) < 4.78 is 0. The molecule has 0 aromatic carbocycles. The van der Waals surface area contributed by atoms with Gasteiger partial charge >= 0.3 is 6.03 Å². The number of hydrogen-bond acceptors (Lipinski definition) is 3. The highest BCUT2D eigenvalue weighted by molar-refractivity contribution is 6.07. The van der Waals surface area contributed by atoms with Crippen LogP contribution >= 0.6 is 0 Å². The molecule has 2 fully saturated rings. The Balaban J connectivity index is 2.13. The number of nitrogens with one attached hydrogen (secondary N) is 1. The number of carbonyl (C=O) groups excluding carboxylic acids is 2. The Bertz CT molecular complexity index is 315. The molecule has 1 heterocycles. The summed E-state index contributed by atoms with van der Waals surface area (Å²) in [6, 6.07) is -0.373. The van der Waals surface area contributed by atoms with Crippen LogP contribution in [0.25, 0.3) is 0 Å². The first-order chi connectivity index (χ1) is 6.84. The third kappa shape index (κ3) is 1.61. The standard InChI is InChI=1S/C10H16N2O3/c1-9(2,15)6-12-7(13)10(4-3-5-10)11-8(12)14/h15H,3-6H2,1-2H3,(H,11,14). The quantitative estimate of drug-likeness (QED) is 0.644. The number of β-amino-alcohol motifs (C(OH)–C–C–N with tert-alkyl or cyclic N) is 1. The summed E-state index contributed by atoms with van der Waals surface area (Å²) in [5.41, 5.74) is -1.68. The third-order valence-corrected chi connectivity index (χ3v) is 3.00. The topological polar surface area (TPSA) is 69.6 Å². The Hall–Kier alpha value is -1.10. The van der Waals surface area contributed by atoms with E-state index in [9.17, 15) is 14.7 Å². The molecular weight excluding hydrogens is 196 g/mol. The SMILES string of the molecule is CC(C)(O)CN1C(=O)NC2(CCC2)C1=O. The summed E-state index contributed by atoms with van der Waals surface area (Å²) in [5.74, 6) is -0.180. The van der Waals surface area contributed by atoms with Gasteiger partial charge < -0.3 is 10.4 Å². The normalized spacial score (nSPS) is 24.3. The van der Waals surface area contributed by atoms with Crippen molar-refractivity contribution in [3.63, 3.8) is 0 Å². The van der Waals surface area contributed by atoms with Crippen LogP contribution < -0.4 is 5.32 Å². The van der Waals surface area contributed by atoms with E-state index in [0.29, 0.717) is 0 Å². The van der Waals surface area contributed by atoms with Gasteiger partial charge in [0.15, 0.2) is 0 Å². The lowest BCUT2D eigenvalue weighted by Crippen LogP contribution is -2.53. The maximum atomic E-state index is 11.9. The van der Waals surface area contributed by atoms with E-state index in [2.05, 4.69) is 5.32 Å². The van der Waals surface area contributed by atoms with Crippen LogP contribution in [0.4, 0.5) is 4.79 Å². The zero-order valence-electron chi connectivity index (χ0n) is 9.04. The molecule has 0 atom stereocenters. The fourth-order valence-corrected chi connectivity index (χ4v) is 2.08. The Morgan fingerprint density at radius 2 is 2.07 bits per heavy atom. The molecule has 1 saturated heterocycles. The number of amides is 3. The van der Waals surface area contributed by atoms with Crippen LogP contribution in [-0.4, -0.2) is 39.6 Å². The Morgan fingerprint density at radius 3 is 2.40 bits per heavy atom. The molecule has 0 aromatic heterocycles. The van der Waals surface area contributed by atoms with Crippen molar-refractivity contribution in [2.24, 2.45) is 0 Å². The molecule has 84 valence electrons. The van der Waals surface area contributed by atoms with Crippen molar-refractivity contribution in [3.8, 4) is 0 Å². The van der Waals surface area contributed by atoms with Gasteiger partial charge in [-0.3, -0.25) is 9.69 Å². The van der Waals surface area contributed by atoms with Gasteiger partial charge in [-0.25, -0.2) is 4.79 Å². The molecule has 1 saturated carbocycles. The van der Waals surface area contributed by atoms with Crippen molar-refractivity contribution >= 4 is 11.9 Å². The van der Waals surface area contributed by atoms with E-state index in [1.165, 1.54) is 0 Å². The number of rotatable bonds is 2. The monoisotopic (exact) mass is 212 g/mol. The number of hydrogen-bond donors (Lipinski definition) is 2. The molecular formula is C10H16N2O3. The summed E-state index contributed by atoms with van der Waals surface area (Å²) in [6.07, 6.45) is 2.42. The number of aliphatic hydroxyl groups is 1. The molecule has 0 aromatic rings. The molecule has 1 aliphatic carbocycles. The second-order valence-electron chi connectivity index (χ2n) is 5.07. The van der Waals surface area contributed by atoms with E-state index in [4.69, 9.17) is 0 Å². The van der Waals surface area contributed by atoms with Crippen LogP contribution in [0.2, 0.25) is 0 Å². The lowest BCUT2D eigenvalue weighted by molar-refractivity contribution is -0.136. The van der Waals surface area contributed by atoms with E-state index in [1.54, 1.807) is 13.8 Å². The van der Waals surface area contributed by atoms with E-state index in [1.807, 2.05) is 0 Å². The van der Waals surface area contributed by atoms with Crippen molar-refractivity contribution in [1.29, 1.82) is 0 Å². The minimum atomic E-state index is -1.04. The molecule has 1 aliphatic heterocycles. The van der Waals surface area contributed by atoms with Gasteiger partial charge in [0, 0.05) is 0 Å². The van der Waals surface area contributed by atoms with Crippen molar-refractivity contribution in [3.05, 3.63) is 0 Å². The van der Waals surface area contributed by atoms with Crippen LogP contribution in [0.15, 0.2) is 0 Å². The number of carbonyl (C=O) groups is 2. The second-order valence-corrected chi connectivity index (χ2v) is 5.07. The Labute approximate surface area is 88.4 Å². The molecule has 3 amide bonds.